The molecule has 1 rings (SSSR count). The van der Waals surface area contributed by atoms with Gasteiger partial charge in [-0.2, -0.15) is 0 Å². The molecule has 0 aliphatic carbocycles. The van der Waals surface area contributed by atoms with Gasteiger partial charge in [0, 0.05) is 0 Å². The molecular formula is C14H26O2S. The first-order valence-electron chi connectivity index (χ1n) is 7.08. The highest BCUT2D eigenvalue weighted by Gasteiger charge is 2.41. The van der Waals surface area contributed by atoms with Gasteiger partial charge in [0.25, 0.3) is 0 Å². The van der Waals surface area contributed by atoms with Crippen LogP contribution >= 0.6 is 11.8 Å². The number of unbranched alkanes of at least 4 members (excludes halogenated alkanes) is 6. The summed E-state index contributed by atoms with van der Waals surface area (Å²) < 4.78 is -0.427. The zero-order valence-corrected chi connectivity index (χ0v) is 11.9. The molecule has 0 aromatic heterocycles. The topological polar surface area (TPSA) is 37.3 Å². The van der Waals surface area contributed by atoms with Crippen molar-refractivity contribution < 1.29 is 9.90 Å². The van der Waals surface area contributed by atoms with Crippen molar-refractivity contribution in [1.82, 2.24) is 0 Å². The van der Waals surface area contributed by atoms with Crippen LogP contribution < -0.4 is 0 Å². The molecule has 1 atom stereocenters. The number of carbonyl (C=O) groups is 1. The van der Waals surface area contributed by atoms with E-state index in [2.05, 4.69) is 6.92 Å². The van der Waals surface area contributed by atoms with Gasteiger partial charge in [-0.1, -0.05) is 51.9 Å². The first-order valence-corrected chi connectivity index (χ1v) is 8.07. The van der Waals surface area contributed by atoms with Crippen molar-refractivity contribution in [3.63, 3.8) is 0 Å². The van der Waals surface area contributed by atoms with Crippen molar-refractivity contribution in [2.75, 3.05) is 5.75 Å². The Morgan fingerprint density at radius 1 is 1.18 bits per heavy atom. The number of carboxylic acids is 1. The Hall–Kier alpha value is -0.180. The highest BCUT2D eigenvalue weighted by Crippen LogP contribution is 2.42. The number of thioether (sulfide) groups is 1. The van der Waals surface area contributed by atoms with Crippen molar-refractivity contribution in [3.05, 3.63) is 0 Å². The van der Waals surface area contributed by atoms with Crippen LogP contribution in [0.15, 0.2) is 0 Å². The van der Waals surface area contributed by atoms with Crippen molar-refractivity contribution in [1.29, 1.82) is 0 Å². The van der Waals surface area contributed by atoms with Gasteiger partial charge in [0.2, 0.25) is 0 Å². The molecule has 1 saturated heterocycles. The van der Waals surface area contributed by atoms with Gasteiger partial charge in [0.1, 0.15) is 4.75 Å². The number of carboxylic acid groups (broad SMARTS) is 1. The predicted octanol–water partition coefficient (Wildman–Crippen LogP) is 4.48. The molecule has 1 aliphatic heterocycles. The second kappa shape index (κ2) is 8.02. The lowest BCUT2D eigenvalue weighted by molar-refractivity contribution is -0.140. The average Bonchev–Trinajstić information content (AvgIpc) is 2.78. The van der Waals surface area contributed by atoms with E-state index in [-0.39, 0.29) is 0 Å². The van der Waals surface area contributed by atoms with Crippen LogP contribution in [-0.2, 0) is 4.79 Å². The third kappa shape index (κ3) is 4.90. The molecule has 100 valence electrons. The van der Waals surface area contributed by atoms with E-state index in [0.717, 1.165) is 31.4 Å². The number of rotatable bonds is 9. The van der Waals surface area contributed by atoms with Crippen LogP contribution in [-0.4, -0.2) is 21.6 Å². The molecule has 1 heterocycles. The monoisotopic (exact) mass is 258 g/mol. The molecule has 0 aromatic carbocycles. The SMILES string of the molecule is CCCCCCCCCC1(C(=O)O)CCCS1. The van der Waals surface area contributed by atoms with Crippen LogP contribution in [0.2, 0.25) is 0 Å². The van der Waals surface area contributed by atoms with E-state index >= 15 is 0 Å². The minimum Gasteiger partial charge on any atom is -0.480 e. The Balaban J connectivity index is 2.10. The Morgan fingerprint density at radius 2 is 1.82 bits per heavy atom. The molecular weight excluding hydrogens is 232 g/mol. The summed E-state index contributed by atoms with van der Waals surface area (Å²) in [5.74, 6) is 0.453. The minimum absolute atomic E-state index is 0.427. The van der Waals surface area contributed by atoms with E-state index in [1.165, 1.54) is 38.5 Å². The lowest BCUT2D eigenvalue weighted by atomic mass is 9.95. The van der Waals surface area contributed by atoms with Gasteiger partial charge in [-0.25, -0.2) is 0 Å². The lowest BCUT2D eigenvalue weighted by Crippen LogP contribution is -2.32. The summed E-state index contributed by atoms with van der Waals surface area (Å²) in [5, 5.41) is 9.32. The molecule has 0 aromatic rings. The third-order valence-electron chi connectivity index (χ3n) is 3.68. The van der Waals surface area contributed by atoms with Crippen molar-refractivity contribution in [2.24, 2.45) is 0 Å². The zero-order valence-electron chi connectivity index (χ0n) is 11.0. The molecule has 1 N–H and O–H groups in total. The van der Waals surface area contributed by atoms with Crippen LogP contribution in [0, 0.1) is 0 Å². The molecule has 0 amide bonds. The Labute approximate surface area is 110 Å². The normalized spacial score (nSPS) is 24.1. The molecule has 2 nitrogen and oxygen atoms in total. The second-order valence-electron chi connectivity index (χ2n) is 5.12. The second-order valence-corrected chi connectivity index (χ2v) is 6.60. The maximum atomic E-state index is 11.3. The molecule has 1 aliphatic rings. The number of aliphatic carboxylic acids is 1. The first kappa shape index (κ1) is 14.9. The average molecular weight is 258 g/mol. The quantitative estimate of drug-likeness (QED) is 0.620. The molecule has 17 heavy (non-hydrogen) atoms. The van der Waals surface area contributed by atoms with E-state index in [1.807, 2.05) is 0 Å². The molecule has 0 saturated carbocycles. The predicted molar refractivity (Wildman–Crippen MR) is 74.7 cm³/mol. The summed E-state index contributed by atoms with van der Waals surface area (Å²) in [6, 6.07) is 0. The zero-order chi connectivity index (χ0) is 12.6. The van der Waals surface area contributed by atoms with Crippen LogP contribution in [0.5, 0.6) is 0 Å². The van der Waals surface area contributed by atoms with Crippen molar-refractivity contribution in [2.45, 2.75) is 75.9 Å². The fraction of sp³-hybridized carbons (Fsp3) is 0.929. The van der Waals surface area contributed by atoms with E-state index in [4.69, 9.17) is 0 Å². The Kier molecular flexibility index (Phi) is 7.02. The molecule has 0 radical (unpaired) electrons. The van der Waals surface area contributed by atoms with Gasteiger partial charge in [0.05, 0.1) is 0 Å². The van der Waals surface area contributed by atoms with Gasteiger partial charge in [-0.3, -0.25) is 4.79 Å². The van der Waals surface area contributed by atoms with Gasteiger partial charge < -0.3 is 5.11 Å². The minimum atomic E-state index is -0.578. The van der Waals surface area contributed by atoms with Crippen molar-refractivity contribution >= 4 is 17.7 Å². The maximum Gasteiger partial charge on any atom is 0.319 e. The summed E-state index contributed by atoms with van der Waals surface area (Å²) in [7, 11) is 0. The summed E-state index contributed by atoms with van der Waals surface area (Å²) in [5.41, 5.74) is 0. The molecule has 3 heteroatoms. The van der Waals surface area contributed by atoms with Crippen LogP contribution in [0.1, 0.15) is 71.1 Å². The number of hydrogen-bond donors (Lipinski definition) is 1. The Morgan fingerprint density at radius 3 is 2.35 bits per heavy atom. The highest BCUT2D eigenvalue weighted by atomic mass is 32.2. The molecule has 0 spiro atoms. The third-order valence-corrected chi connectivity index (χ3v) is 5.31. The smallest absolute Gasteiger partial charge is 0.319 e. The molecule has 0 bridgehead atoms. The van der Waals surface area contributed by atoms with Gasteiger partial charge >= 0.3 is 5.97 Å². The van der Waals surface area contributed by atoms with Crippen LogP contribution in [0.25, 0.3) is 0 Å². The largest absolute Gasteiger partial charge is 0.480 e. The highest BCUT2D eigenvalue weighted by molar-refractivity contribution is 8.01. The van der Waals surface area contributed by atoms with E-state index in [0.29, 0.717) is 0 Å². The summed E-state index contributed by atoms with van der Waals surface area (Å²) in [6.07, 6.45) is 11.7. The maximum absolute atomic E-state index is 11.3. The lowest BCUT2D eigenvalue weighted by Gasteiger charge is -2.22. The van der Waals surface area contributed by atoms with Gasteiger partial charge in [-0.05, 0) is 25.0 Å². The number of hydrogen-bond acceptors (Lipinski definition) is 2. The van der Waals surface area contributed by atoms with Gasteiger partial charge in [-0.15, -0.1) is 11.8 Å². The van der Waals surface area contributed by atoms with E-state index in [1.54, 1.807) is 11.8 Å². The Bertz CT molecular complexity index is 222. The summed E-state index contributed by atoms with van der Waals surface area (Å²) >= 11 is 1.67. The van der Waals surface area contributed by atoms with E-state index in [9.17, 15) is 9.90 Å². The van der Waals surface area contributed by atoms with Crippen LogP contribution in [0.3, 0.4) is 0 Å². The van der Waals surface area contributed by atoms with Crippen LogP contribution in [0.4, 0.5) is 0 Å². The summed E-state index contributed by atoms with van der Waals surface area (Å²) in [4.78, 5) is 11.3. The van der Waals surface area contributed by atoms with Gasteiger partial charge in [0.15, 0.2) is 0 Å². The fourth-order valence-electron chi connectivity index (χ4n) is 2.54. The molecule has 1 unspecified atom stereocenters. The summed E-state index contributed by atoms with van der Waals surface area (Å²) in [6.45, 7) is 2.23. The first-order chi connectivity index (χ1) is 8.21. The van der Waals surface area contributed by atoms with Crippen molar-refractivity contribution in [3.8, 4) is 0 Å². The van der Waals surface area contributed by atoms with E-state index < -0.39 is 10.7 Å². The standard InChI is InChI=1S/C14H26O2S/c1-2-3-4-5-6-7-8-10-14(13(15)16)11-9-12-17-14/h2-12H2,1H3,(H,15,16). The fourth-order valence-corrected chi connectivity index (χ4v) is 3.92. The molecule has 1 fully saturated rings.